The molecule has 0 saturated heterocycles. The lowest BCUT2D eigenvalue weighted by molar-refractivity contribution is -0.00993. The van der Waals surface area contributed by atoms with Gasteiger partial charge in [0.2, 0.25) is 0 Å². The Morgan fingerprint density at radius 2 is 1.93 bits per heavy atom. The van der Waals surface area contributed by atoms with Crippen LogP contribution < -0.4 is 10.5 Å². The lowest BCUT2D eigenvalue weighted by Gasteiger charge is -2.49. The fourth-order valence-electron chi connectivity index (χ4n) is 5.65. The molecule has 3 nitrogen and oxygen atoms in total. The van der Waals surface area contributed by atoms with Crippen LogP contribution in [0.4, 0.5) is 0 Å². The van der Waals surface area contributed by atoms with Gasteiger partial charge in [-0.15, -0.1) is 0 Å². The summed E-state index contributed by atoms with van der Waals surface area (Å²) in [7, 11) is 0. The average Bonchev–Trinajstić information content (AvgIpc) is 2.63. The summed E-state index contributed by atoms with van der Waals surface area (Å²) in [5.41, 5.74) is 8.29. The molecule has 3 heteroatoms. The van der Waals surface area contributed by atoms with Crippen molar-refractivity contribution in [2.24, 2.45) is 23.5 Å². The molecule has 1 aromatic rings. The number of hydrogen-bond acceptors (Lipinski definition) is 3. The van der Waals surface area contributed by atoms with Gasteiger partial charge < -0.3 is 15.6 Å². The third-order valence-corrected chi connectivity index (χ3v) is 7.90. The number of phenolic OH excluding ortho intramolecular Hbond substituents is 1. The van der Waals surface area contributed by atoms with Crippen molar-refractivity contribution in [3.05, 3.63) is 23.3 Å². The summed E-state index contributed by atoms with van der Waals surface area (Å²) in [4.78, 5) is 0. The number of rotatable bonds is 6. The fourth-order valence-corrected chi connectivity index (χ4v) is 5.65. The molecular formula is C25H41NO2. The molecule has 6 unspecified atom stereocenters. The Hall–Kier alpha value is -1.22. The predicted octanol–water partition coefficient (Wildman–Crippen LogP) is 6.34. The highest BCUT2D eigenvalue weighted by Gasteiger charge is 2.47. The van der Waals surface area contributed by atoms with Crippen molar-refractivity contribution >= 4 is 0 Å². The van der Waals surface area contributed by atoms with Gasteiger partial charge in [0.25, 0.3) is 0 Å². The van der Waals surface area contributed by atoms with Gasteiger partial charge in [-0.3, -0.25) is 0 Å². The molecule has 0 amide bonds. The molecule has 0 radical (unpaired) electrons. The molecule has 3 N–H and O–H groups in total. The largest absolute Gasteiger partial charge is 0.508 e. The zero-order valence-electron chi connectivity index (χ0n) is 18.8. The van der Waals surface area contributed by atoms with Gasteiger partial charge in [0.05, 0.1) is 0 Å². The van der Waals surface area contributed by atoms with Gasteiger partial charge in [0.15, 0.2) is 0 Å². The van der Waals surface area contributed by atoms with E-state index >= 15 is 0 Å². The Morgan fingerprint density at radius 3 is 2.61 bits per heavy atom. The van der Waals surface area contributed by atoms with E-state index in [2.05, 4.69) is 47.6 Å². The minimum absolute atomic E-state index is 0.216. The third-order valence-electron chi connectivity index (χ3n) is 7.90. The standard InChI is InChI=1S/C25H41NO2/c1-7-8-9-15(2)16(3)17(4)18-12-22(27)24-20-14-19(26)10-11-21(20)25(5,6)28-23(24)13-18/h12-13,15-17,19-21,27H,7-11,14,26H2,1-6H3. The molecule has 1 aliphatic carbocycles. The molecule has 6 atom stereocenters. The number of aromatic hydroxyl groups is 1. The lowest BCUT2D eigenvalue weighted by atomic mass is 9.65. The van der Waals surface area contributed by atoms with Gasteiger partial charge >= 0.3 is 0 Å². The highest BCUT2D eigenvalue weighted by Crippen LogP contribution is 2.54. The van der Waals surface area contributed by atoms with Crippen LogP contribution in [-0.4, -0.2) is 16.7 Å². The summed E-state index contributed by atoms with van der Waals surface area (Å²) in [6, 6.07) is 4.44. The number of unbranched alkanes of at least 4 members (excludes halogenated alkanes) is 1. The molecule has 1 aliphatic heterocycles. The zero-order valence-corrected chi connectivity index (χ0v) is 18.8. The van der Waals surface area contributed by atoms with Crippen LogP contribution in [-0.2, 0) is 0 Å². The summed E-state index contributed by atoms with van der Waals surface area (Å²) >= 11 is 0. The summed E-state index contributed by atoms with van der Waals surface area (Å²) in [5, 5.41) is 11.0. The maximum atomic E-state index is 11.0. The molecule has 1 fully saturated rings. The number of hydrogen-bond donors (Lipinski definition) is 2. The van der Waals surface area contributed by atoms with Crippen LogP contribution in [0, 0.1) is 17.8 Å². The number of benzene rings is 1. The molecule has 3 rings (SSSR count). The Balaban J connectivity index is 1.91. The van der Waals surface area contributed by atoms with Crippen molar-refractivity contribution in [1.29, 1.82) is 0 Å². The summed E-state index contributed by atoms with van der Waals surface area (Å²) in [6.07, 6.45) is 6.86. The second-order valence-corrected chi connectivity index (χ2v) is 10.2. The van der Waals surface area contributed by atoms with E-state index < -0.39 is 0 Å². The monoisotopic (exact) mass is 387 g/mol. The van der Waals surface area contributed by atoms with Crippen LogP contribution in [0.3, 0.4) is 0 Å². The van der Waals surface area contributed by atoms with Gasteiger partial charge in [-0.2, -0.15) is 0 Å². The fraction of sp³-hybridized carbons (Fsp3) is 0.760. The summed E-state index contributed by atoms with van der Waals surface area (Å²) in [5.74, 6) is 3.64. The topological polar surface area (TPSA) is 55.5 Å². The lowest BCUT2D eigenvalue weighted by Crippen LogP contribution is -2.48. The number of nitrogens with two attached hydrogens (primary N) is 1. The van der Waals surface area contributed by atoms with E-state index in [4.69, 9.17) is 10.5 Å². The molecule has 1 saturated carbocycles. The average molecular weight is 388 g/mol. The smallest absolute Gasteiger partial charge is 0.127 e. The minimum Gasteiger partial charge on any atom is -0.508 e. The van der Waals surface area contributed by atoms with Gasteiger partial charge in [-0.25, -0.2) is 0 Å². The van der Waals surface area contributed by atoms with Crippen LogP contribution in [0.15, 0.2) is 12.1 Å². The van der Waals surface area contributed by atoms with Crippen molar-refractivity contribution in [3.8, 4) is 11.5 Å². The Morgan fingerprint density at radius 1 is 1.21 bits per heavy atom. The maximum Gasteiger partial charge on any atom is 0.127 e. The predicted molar refractivity (Wildman–Crippen MR) is 117 cm³/mol. The van der Waals surface area contributed by atoms with Crippen molar-refractivity contribution in [2.45, 2.75) is 104 Å². The molecule has 158 valence electrons. The Labute approximate surface area is 172 Å². The number of phenols is 1. The van der Waals surface area contributed by atoms with Crippen LogP contribution >= 0.6 is 0 Å². The number of ether oxygens (including phenoxy) is 1. The zero-order chi connectivity index (χ0) is 20.6. The molecular weight excluding hydrogens is 346 g/mol. The highest BCUT2D eigenvalue weighted by molar-refractivity contribution is 5.52. The maximum absolute atomic E-state index is 11.0. The van der Waals surface area contributed by atoms with Crippen LogP contribution in [0.1, 0.15) is 103 Å². The molecule has 0 spiro atoms. The Kier molecular flexibility index (Phi) is 6.34. The first kappa shape index (κ1) is 21.5. The second-order valence-electron chi connectivity index (χ2n) is 10.2. The van der Waals surface area contributed by atoms with E-state index in [0.29, 0.717) is 35.3 Å². The highest BCUT2D eigenvalue weighted by atomic mass is 16.5. The van der Waals surface area contributed by atoms with Crippen LogP contribution in [0.5, 0.6) is 11.5 Å². The second kappa shape index (κ2) is 8.26. The third kappa shape index (κ3) is 4.06. The van der Waals surface area contributed by atoms with Gasteiger partial charge in [-0.05, 0) is 74.5 Å². The number of fused-ring (bicyclic) bond motifs is 3. The van der Waals surface area contributed by atoms with Crippen molar-refractivity contribution in [1.82, 2.24) is 0 Å². The molecule has 1 aromatic carbocycles. The minimum atomic E-state index is -0.216. The van der Waals surface area contributed by atoms with E-state index in [1.165, 1.54) is 24.8 Å². The Bertz CT molecular complexity index is 683. The van der Waals surface area contributed by atoms with Crippen molar-refractivity contribution in [2.75, 3.05) is 0 Å². The first-order valence-corrected chi connectivity index (χ1v) is 11.5. The van der Waals surface area contributed by atoms with Crippen LogP contribution in [0.2, 0.25) is 0 Å². The van der Waals surface area contributed by atoms with E-state index in [1.807, 2.05) is 6.07 Å². The molecule has 2 aliphatic rings. The molecule has 0 aromatic heterocycles. The van der Waals surface area contributed by atoms with Crippen molar-refractivity contribution < 1.29 is 9.84 Å². The van der Waals surface area contributed by atoms with E-state index in [-0.39, 0.29) is 11.6 Å². The summed E-state index contributed by atoms with van der Waals surface area (Å²) in [6.45, 7) is 13.7. The van der Waals surface area contributed by atoms with Gasteiger partial charge in [-0.1, -0.05) is 47.0 Å². The van der Waals surface area contributed by atoms with Crippen LogP contribution in [0.25, 0.3) is 0 Å². The normalized spacial score (nSPS) is 29.2. The van der Waals surface area contributed by atoms with Crippen molar-refractivity contribution in [3.63, 3.8) is 0 Å². The van der Waals surface area contributed by atoms with Gasteiger partial charge in [0, 0.05) is 17.5 Å². The van der Waals surface area contributed by atoms with E-state index in [9.17, 15) is 5.11 Å². The molecule has 0 bridgehead atoms. The van der Waals surface area contributed by atoms with Gasteiger partial charge in [0.1, 0.15) is 17.1 Å². The summed E-state index contributed by atoms with van der Waals surface area (Å²) < 4.78 is 6.50. The van der Waals surface area contributed by atoms with E-state index in [1.54, 1.807) is 0 Å². The first-order valence-electron chi connectivity index (χ1n) is 11.5. The molecule has 1 heterocycles. The first-order chi connectivity index (χ1) is 13.2. The SMILES string of the molecule is CCCCC(C)C(C)C(C)c1cc(O)c2c(c1)OC(C)(C)C1CCC(N)CC21. The molecule has 28 heavy (non-hydrogen) atoms. The van der Waals surface area contributed by atoms with E-state index in [0.717, 1.165) is 30.6 Å². The quantitative estimate of drug-likeness (QED) is 0.599.